The summed E-state index contributed by atoms with van der Waals surface area (Å²) in [5.41, 5.74) is 0.373. The molecule has 33 heavy (non-hydrogen) atoms. The molecular formula is C23H32F3N3O4. The second-order valence-electron chi connectivity index (χ2n) is 8.36. The zero-order valence-electron chi connectivity index (χ0n) is 19.0. The Hall–Kier alpha value is -2.49. The molecule has 10 heteroatoms. The van der Waals surface area contributed by atoms with Gasteiger partial charge in [-0.05, 0) is 50.8 Å². The van der Waals surface area contributed by atoms with Crippen LogP contribution in [0.4, 0.5) is 13.2 Å². The minimum absolute atomic E-state index is 0.0784. The van der Waals surface area contributed by atoms with E-state index in [1.165, 1.54) is 4.90 Å². The lowest BCUT2D eigenvalue weighted by Gasteiger charge is -2.26. The van der Waals surface area contributed by atoms with Crippen LogP contribution in [0.2, 0.25) is 0 Å². The van der Waals surface area contributed by atoms with Gasteiger partial charge in [-0.1, -0.05) is 0 Å². The molecule has 7 nitrogen and oxygen atoms in total. The minimum Gasteiger partial charge on any atom is -0.490 e. The molecule has 0 atom stereocenters. The number of halogens is 3. The maximum Gasteiger partial charge on any atom is 0.401 e. The third-order valence-electron chi connectivity index (χ3n) is 5.83. The summed E-state index contributed by atoms with van der Waals surface area (Å²) in [5, 5.41) is 0. The van der Waals surface area contributed by atoms with Gasteiger partial charge in [0, 0.05) is 44.8 Å². The molecule has 0 aliphatic carbocycles. The fourth-order valence-corrected chi connectivity index (χ4v) is 4.17. The molecule has 2 saturated heterocycles. The van der Waals surface area contributed by atoms with Gasteiger partial charge in [0.2, 0.25) is 0 Å². The van der Waals surface area contributed by atoms with Gasteiger partial charge in [0.15, 0.2) is 18.1 Å². The van der Waals surface area contributed by atoms with Crippen LogP contribution in [0, 0.1) is 0 Å². The Balaban J connectivity index is 1.62. The van der Waals surface area contributed by atoms with Crippen LogP contribution in [0.1, 0.15) is 43.0 Å². The van der Waals surface area contributed by atoms with Crippen molar-refractivity contribution in [3.63, 3.8) is 0 Å². The van der Waals surface area contributed by atoms with E-state index in [4.69, 9.17) is 9.47 Å². The number of benzene rings is 1. The molecule has 1 aromatic rings. The van der Waals surface area contributed by atoms with E-state index in [-0.39, 0.29) is 31.5 Å². The normalized spacial score (nSPS) is 18.1. The van der Waals surface area contributed by atoms with Crippen LogP contribution in [0.25, 0.3) is 0 Å². The standard InChI is InChI=1S/C23H32F3N3O4/c1-2-32-20-15-18(7-8-19(20)33-16-21(30)28-10-4-3-5-11-28)22(31)29-12-6-9-27(13-14-29)17-23(24,25)26/h7-8,15H,2-6,9-14,16-17H2,1H3. The summed E-state index contributed by atoms with van der Waals surface area (Å²) in [6.45, 7) is 3.65. The highest BCUT2D eigenvalue weighted by Crippen LogP contribution is 2.29. The maximum absolute atomic E-state index is 13.0. The van der Waals surface area contributed by atoms with Gasteiger partial charge in [-0.15, -0.1) is 0 Å². The van der Waals surface area contributed by atoms with Crippen LogP contribution in [0.5, 0.6) is 11.5 Å². The van der Waals surface area contributed by atoms with Crippen LogP contribution < -0.4 is 9.47 Å². The second-order valence-corrected chi connectivity index (χ2v) is 8.36. The summed E-state index contributed by atoms with van der Waals surface area (Å²) < 4.78 is 49.4. The van der Waals surface area contributed by atoms with Crippen molar-refractivity contribution in [2.75, 3.05) is 59.0 Å². The number of ether oxygens (including phenoxy) is 2. The Kier molecular flexibility index (Phi) is 8.82. The monoisotopic (exact) mass is 471 g/mol. The SMILES string of the molecule is CCOc1cc(C(=O)N2CCCN(CC(F)(F)F)CC2)ccc1OCC(=O)N1CCCCC1. The molecule has 2 aliphatic heterocycles. The first-order valence-corrected chi connectivity index (χ1v) is 11.5. The Morgan fingerprint density at radius 1 is 0.879 bits per heavy atom. The van der Waals surface area contributed by atoms with Crippen LogP contribution in [-0.2, 0) is 4.79 Å². The van der Waals surface area contributed by atoms with Gasteiger partial charge in [0.25, 0.3) is 11.8 Å². The van der Waals surface area contributed by atoms with E-state index in [1.54, 1.807) is 34.9 Å². The van der Waals surface area contributed by atoms with E-state index >= 15 is 0 Å². The van der Waals surface area contributed by atoms with Crippen LogP contribution in [0.15, 0.2) is 18.2 Å². The van der Waals surface area contributed by atoms with Crippen molar-refractivity contribution >= 4 is 11.8 Å². The van der Waals surface area contributed by atoms with Crippen molar-refractivity contribution in [3.8, 4) is 11.5 Å². The van der Waals surface area contributed by atoms with Crippen LogP contribution >= 0.6 is 0 Å². The number of carbonyl (C=O) groups is 2. The van der Waals surface area contributed by atoms with Crippen molar-refractivity contribution in [1.29, 1.82) is 0 Å². The number of alkyl halides is 3. The molecule has 184 valence electrons. The maximum atomic E-state index is 13.0. The fourth-order valence-electron chi connectivity index (χ4n) is 4.17. The number of nitrogens with zero attached hydrogens (tertiary/aromatic N) is 3. The van der Waals surface area contributed by atoms with Crippen molar-refractivity contribution in [2.24, 2.45) is 0 Å². The third kappa shape index (κ3) is 7.52. The molecule has 0 saturated carbocycles. The van der Waals surface area contributed by atoms with E-state index in [0.29, 0.717) is 43.2 Å². The van der Waals surface area contributed by atoms with E-state index < -0.39 is 12.7 Å². The van der Waals surface area contributed by atoms with Gasteiger partial charge in [-0.2, -0.15) is 13.2 Å². The lowest BCUT2D eigenvalue weighted by Crippen LogP contribution is -2.38. The zero-order valence-corrected chi connectivity index (χ0v) is 19.0. The first-order chi connectivity index (χ1) is 15.8. The van der Waals surface area contributed by atoms with Crippen molar-refractivity contribution in [1.82, 2.24) is 14.7 Å². The predicted octanol–water partition coefficient (Wildman–Crippen LogP) is 3.19. The Bertz CT molecular complexity index is 813. The van der Waals surface area contributed by atoms with E-state index in [1.807, 2.05) is 0 Å². The second kappa shape index (κ2) is 11.6. The van der Waals surface area contributed by atoms with Gasteiger partial charge in [0.1, 0.15) is 0 Å². The Morgan fingerprint density at radius 3 is 2.30 bits per heavy atom. The van der Waals surface area contributed by atoms with Gasteiger partial charge in [-0.25, -0.2) is 0 Å². The number of carbonyl (C=O) groups excluding carboxylic acids is 2. The van der Waals surface area contributed by atoms with Crippen LogP contribution in [-0.4, -0.2) is 91.7 Å². The fraction of sp³-hybridized carbons (Fsp3) is 0.652. The molecule has 0 unspecified atom stereocenters. The lowest BCUT2D eigenvalue weighted by atomic mass is 10.1. The molecule has 0 N–H and O–H groups in total. The molecule has 0 bridgehead atoms. The molecule has 2 fully saturated rings. The quantitative estimate of drug-likeness (QED) is 0.611. The summed E-state index contributed by atoms with van der Waals surface area (Å²) >= 11 is 0. The number of piperidine rings is 1. The molecule has 3 rings (SSSR count). The lowest BCUT2D eigenvalue weighted by molar-refractivity contribution is -0.145. The topological polar surface area (TPSA) is 62.3 Å². The van der Waals surface area contributed by atoms with Crippen molar-refractivity contribution < 1.29 is 32.2 Å². The van der Waals surface area contributed by atoms with Crippen molar-refractivity contribution in [2.45, 2.75) is 38.8 Å². The predicted molar refractivity (Wildman–Crippen MR) is 117 cm³/mol. The highest BCUT2D eigenvalue weighted by Gasteiger charge is 2.32. The Morgan fingerprint density at radius 2 is 1.61 bits per heavy atom. The average molecular weight is 472 g/mol. The summed E-state index contributed by atoms with van der Waals surface area (Å²) in [6, 6.07) is 4.78. The molecule has 2 amide bonds. The smallest absolute Gasteiger partial charge is 0.401 e. The number of amides is 2. The molecular weight excluding hydrogens is 439 g/mol. The highest BCUT2D eigenvalue weighted by atomic mass is 19.4. The average Bonchev–Trinajstić information content (AvgIpc) is 3.02. The summed E-state index contributed by atoms with van der Waals surface area (Å²) in [6.07, 6.45) is -0.656. The zero-order chi connectivity index (χ0) is 23.8. The highest BCUT2D eigenvalue weighted by molar-refractivity contribution is 5.95. The van der Waals surface area contributed by atoms with Gasteiger partial charge < -0.3 is 19.3 Å². The summed E-state index contributed by atoms with van der Waals surface area (Å²) in [4.78, 5) is 30.1. The number of hydrogen-bond donors (Lipinski definition) is 0. The minimum atomic E-state index is -4.25. The molecule has 1 aromatic carbocycles. The number of hydrogen-bond acceptors (Lipinski definition) is 5. The summed E-state index contributed by atoms with van der Waals surface area (Å²) in [7, 11) is 0. The first-order valence-electron chi connectivity index (χ1n) is 11.5. The number of rotatable bonds is 7. The van der Waals surface area contributed by atoms with Gasteiger partial charge in [-0.3, -0.25) is 14.5 Å². The van der Waals surface area contributed by atoms with Gasteiger partial charge in [0.05, 0.1) is 13.2 Å². The summed E-state index contributed by atoms with van der Waals surface area (Å²) in [5.74, 6) is 0.403. The number of likely N-dealkylation sites (tertiary alicyclic amines) is 1. The molecule has 2 aliphatic rings. The third-order valence-corrected chi connectivity index (χ3v) is 5.83. The molecule has 0 radical (unpaired) electrons. The first kappa shape index (κ1) is 25.1. The molecule has 0 aromatic heterocycles. The Labute approximate surface area is 192 Å². The van der Waals surface area contributed by atoms with E-state index in [9.17, 15) is 22.8 Å². The van der Waals surface area contributed by atoms with Crippen molar-refractivity contribution in [3.05, 3.63) is 23.8 Å². The van der Waals surface area contributed by atoms with E-state index in [0.717, 1.165) is 32.4 Å². The molecule has 0 spiro atoms. The van der Waals surface area contributed by atoms with Crippen LogP contribution in [0.3, 0.4) is 0 Å². The van der Waals surface area contributed by atoms with E-state index in [2.05, 4.69) is 0 Å². The van der Waals surface area contributed by atoms with Gasteiger partial charge >= 0.3 is 6.18 Å². The molecule has 2 heterocycles. The largest absolute Gasteiger partial charge is 0.490 e.